The summed E-state index contributed by atoms with van der Waals surface area (Å²) in [5, 5.41) is 0. The molecule has 0 saturated carbocycles. The van der Waals surface area contributed by atoms with Crippen LogP contribution in [0, 0.1) is 0 Å². The molecule has 0 radical (unpaired) electrons. The summed E-state index contributed by atoms with van der Waals surface area (Å²) in [6.07, 6.45) is 17.5. The number of rotatable bonds is 8. The lowest BCUT2D eigenvalue weighted by Crippen LogP contribution is -2.49. The van der Waals surface area contributed by atoms with Crippen molar-refractivity contribution in [2.75, 3.05) is 53.9 Å². The SMILES string of the molecule is CC1(C)CCC[Si](C)(C)O1.CC1(C)CC[Si](C)(C)O1.CC1(C)CC[Si](C)(C)O1.CCO[Si]1(C)CCC(C)(C)O1.CCO[Si]1(C)CCCC(C)(C)O1.CCO[Si]1(C)CCCCO1.CO[Si]1(C)CCC(C)(C)O1.CO[Si]1(C)CCCCO1.C[Si]1(C)CCCCO1. The van der Waals surface area contributed by atoms with Crippen LogP contribution in [0.5, 0.6) is 0 Å². The largest absolute Gasteiger partial charge is 0.417 e. The molecule has 23 heteroatoms. The molecule has 14 nitrogen and oxygen atoms in total. The second kappa shape index (κ2) is 37.4. The van der Waals surface area contributed by atoms with E-state index in [9.17, 15) is 0 Å². The van der Waals surface area contributed by atoms with E-state index < -0.39 is 76.1 Å². The van der Waals surface area contributed by atoms with E-state index in [4.69, 9.17) is 62.0 Å². The predicted octanol–water partition coefficient (Wildman–Crippen LogP) is 19.9. The Kier molecular flexibility index (Phi) is 37.1. The normalized spacial score (nSPS) is 33.5. The molecule has 0 aromatic heterocycles. The third-order valence-electron chi connectivity index (χ3n) is 17.9. The molecule has 88 heavy (non-hydrogen) atoms. The Hall–Kier alpha value is 1.39. The van der Waals surface area contributed by atoms with Crippen LogP contribution in [0.3, 0.4) is 0 Å². The van der Waals surface area contributed by atoms with Crippen LogP contribution in [0.25, 0.3) is 0 Å². The fraction of sp³-hybridized carbons (Fsp3) is 1.00. The highest BCUT2D eigenvalue weighted by molar-refractivity contribution is 6.73. The van der Waals surface area contributed by atoms with Crippen LogP contribution in [0.2, 0.25) is 140 Å². The molecule has 0 N–H and O–H groups in total. The van der Waals surface area contributed by atoms with Crippen molar-refractivity contribution in [3.8, 4) is 0 Å². The van der Waals surface area contributed by atoms with Gasteiger partial charge < -0.3 is 62.0 Å². The smallest absolute Gasteiger partial charge is 0.335 e. The Labute approximate surface area is 555 Å². The van der Waals surface area contributed by atoms with Crippen molar-refractivity contribution in [2.45, 2.75) is 367 Å². The standard InChI is InChI=1S/C9H20O2Si.C8H18O2Si.C8H18OSi.2C7H16O2Si.2C7H16OSi.C6H14O2Si.C6H14OSi/c1-5-10-12(4)8-6-7-9(2,3)11-12;1-5-9-11(4)7-6-8(2,3)10-11;1-8(2)6-5-7-10(3,4)9-8;1-7(2)5-6-10(4,8-3)9-7;1-3-8-10(2)7-5-4-6-9-10;2*1-7(2)5-6-9(3,4)8-7;1-7-9(2)6-4-3-5-8-9;1-8(2)6-4-3-5-7-8/h5-8H2,1-4H3;5-7H2,1-4H3;5-7H2,1-4H3;5-6H2,1-4H3;3-7H2,1-2H3;2*5-6H2,1-4H3;3-6H2,1-2H3;3-6H2,1-2H3. The summed E-state index contributed by atoms with van der Waals surface area (Å²) in [5.41, 5.74) is 0.737. The van der Waals surface area contributed by atoms with Gasteiger partial charge in [0.2, 0.25) is 0 Å². The summed E-state index contributed by atoms with van der Waals surface area (Å²) in [7, 11) is -9.58. The Morgan fingerprint density at radius 2 is 0.534 bits per heavy atom. The summed E-state index contributed by atoms with van der Waals surface area (Å²) >= 11 is 0. The van der Waals surface area contributed by atoms with Gasteiger partial charge in [0.25, 0.3) is 0 Å². The zero-order chi connectivity index (χ0) is 67.9. The fourth-order valence-corrected chi connectivity index (χ4v) is 36.9. The van der Waals surface area contributed by atoms with Gasteiger partial charge in [-0.1, -0.05) is 12.8 Å². The minimum Gasteiger partial charge on any atom is -0.417 e. The zero-order valence-corrected chi connectivity index (χ0v) is 72.7. The van der Waals surface area contributed by atoms with Crippen LogP contribution >= 0.6 is 0 Å². The first-order chi connectivity index (χ1) is 39.9. The summed E-state index contributed by atoms with van der Waals surface area (Å²) in [6.45, 7) is 66.6. The van der Waals surface area contributed by atoms with Crippen LogP contribution in [-0.4, -0.2) is 164 Å². The van der Waals surface area contributed by atoms with Crippen LogP contribution < -0.4 is 0 Å². The van der Waals surface area contributed by atoms with Gasteiger partial charge in [-0.15, -0.1) is 0 Å². The fourth-order valence-electron chi connectivity index (χ4n) is 13.1. The van der Waals surface area contributed by atoms with Crippen molar-refractivity contribution in [2.24, 2.45) is 0 Å². The Morgan fingerprint density at radius 1 is 0.261 bits per heavy atom. The molecule has 9 saturated heterocycles. The van der Waals surface area contributed by atoms with E-state index in [-0.39, 0.29) is 33.6 Å². The van der Waals surface area contributed by atoms with Crippen molar-refractivity contribution >= 4 is 76.1 Å². The molecule has 0 aromatic rings. The summed E-state index contributed by atoms with van der Waals surface area (Å²) in [4.78, 5) is 0. The summed E-state index contributed by atoms with van der Waals surface area (Å²) < 4.78 is 79.8. The van der Waals surface area contributed by atoms with E-state index >= 15 is 0 Å². The quantitative estimate of drug-likeness (QED) is 0.214. The van der Waals surface area contributed by atoms with Gasteiger partial charge in [-0.05, 0) is 320 Å². The van der Waals surface area contributed by atoms with Crippen LogP contribution in [0.1, 0.15) is 194 Å². The van der Waals surface area contributed by atoms with Gasteiger partial charge in [-0.25, -0.2) is 0 Å². The molecule has 9 rings (SSSR count). The Bertz CT molecular complexity index is 1830. The molecule has 0 amide bonds. The van der Waals surface area contributed by atoms with Crippen molar-refractivity contribution < 1.29 is 62.0 Å². The maximum absolute atomic E-state index is 6.02. The van der Waals surface area contributed by atoms with Gasteiger partial charge in [0.05, 0.1) is 33.6 Å². The molecule has 0 aromatic carbocycles. The lowest BCUT2D eigenvalue weighted by Gasteiger charge is -2.41. The van der Waals surface area contributed by atoms with Gasteiger partial charge >= 0.3 is 42.8 Å². The van der Waals surface area contributed by atoms with Crippen LogP contribution in [0.15, 0.2) is 0 Å². The molecule has 9 heterocycles. The molecule has 9 aliphatic heterocycles. The highest BCUT2D eigenvalue weighted by Gasteiger charge is 2.47. The van der Waals surface area contributed by atoms with Crippen molar-refractivity contribution in [1.29, 1.82) is 0 Å². The van der Waals surface area contributed by atoms with E-state index in [1.165, 1.54) is 113 Å². The molecule has 5 atom stereocenters. The highest BCUT2D eigenvalue weighted by Crippen LogP contribution is 2.39. The van der Waals surface area contributed by atoms with Gasteiger partial charge in [-0.3, -0.25) is 0 Å². The van der Waals surface area contributed by atoms with Crippen LogP contribution in [0.4, 0.5) is 0 Å². The first-order valence-electron chi connectivity index (χ1n) is 35.1. The van der Waals surface area contributed by atoms with Gasteiger partial charge in [0.15, 0.2) is 33.3 Å². The average molecular weight is 1410 g/mol. The van der Waals surface area contributed by atoms with Gasteiger partial charge in [0.1, 0.15) is 0 Å². The Balaban J connectivity index is 0.000000496. The maximum Gasteiger partial charge on any atom is 0.335 e. The van der Waals surface area contributed by atoms with Gasteiger partial charge in [-0.2, -0.15) is 0 Å². The molecule has 0 bridgehead atoms. The second-order valence-corrected chi connectivity index (χ2v) is 66.9. The van der Waals surface area contributed by atoms with E-state index in [0.717, 1.165) is 70.6 Å². The van der Waals surface area contributed by atoms with Crippen molar-refractivity contribution in [3.05, 3.63) is 0 Å². The monoisotopic (exact) mass is 1400 g/mol. The van der Waals surface area contributed by atoms with Crippen LogP contribution in [-0.2, 0) is 62.0 Å². The van der Waals surface area contributed by atoms with Gasteiger partial charge in [0, 0.05) is 53.9 Å². The first-order valence-corrected chi connectivity index (χ1v) is 60.1. The van der Waals surface area contributed by atoms with Crippen molar-refractivity contribution in [3.63, 3.8) is 0 Å². The van der Waals surface area contributed by atoms with E-state index in [1.807, 2.05) is 20.8 Å². The second-order valence-electron chi connectivity index (χ2n) is 33.2. The molecule has 0 spiro atoms. The summed E-state index contributed by atoms with van der Waals surface area (Å²) in [6, 6.07) is 11.2. The number of hydrogen-bond acceptors (Lipinski definition) is 14. The molecule has 5 unspecified atom stereocenters. The van der Waals surface area contributed by atoms with Crippen molar-refractivity contribution in [1.82, 2.24) is 0 Å². The third-order valence-corrected chi connectivity index (χ3v) is 43.3. The molecule has 9 aliphatic rings. The molecular weight excluding hydrogens is 1260 g/mol. The number of hydrogen-bond donors (Lipinski definition) is 0. The van der Waals surface area contributed by atoms with E-state index in [2.05, 4.69) is 168 Å². The lowest BCUT2D eigenvalue weighted by molar-refractivity contribution is 0.0279. The third kappa shape index (κ3) is 39.0. The topological polar surface area (TPSA) is 129 Å². The highest BCUT2D eigenvalue weighted by atomic mass is 28.4. The molecular formula is C65H148O14Si9. The Morgan fingerprint density at radius 3 is 0.761 bits per heavy atom. The minimum absolute atomic E-state index is 0.0500. The first kappa shape index (κ1) is 87.4. The average Bonchev–Trinajstić information content (AvgIpc) is 2.41. The predicted molar refractivity (Wildman–Crippen MR) is 394 cm³/mol. The molecule has 9 fully saturated rings. The van der Waals surface area contributed by atoms with E-state index in [1.54, 1.807) is 14.2 Å². The molecule has 0 aliphatic carbocycles. The molecule has 528 valence electrons. The van der Waals surface area contributed by atoms with E-state index in [0.29, 0.717) is 0 Å². The maximum atomic E-state index is 6.02. The minimum atomic E-state index is -1.77. The summed E-state index contributed by atoms with van der Waals surface area (Å²) in [5.74, 6) is 0. The lowest BCUT2D eigenvalue weighted by atomic mass is 10.0. The zero-order valence-electron chi connectivity index (χ0n) is 63.7.